The van der Waals surface area contributed by atoms with Crippen LogP contribution in [0, 0.1) is 5.92 Å². The Morgan fingerprint density at radius 3 is 3.25 bits per heavy atom. The van der Waals surface area contributed by atoms with E-state index in [1.165, 1.54) is 32.4 Å². The van der Waals surface area contributed by atoms with Gasteiger partial charge in [-0.2, -0.15) is 0 Å². The number of nitrogens with zero attached hydrogens (tertiary/aromatic N) is 1. The first-order valence-electron chi connectivity index (χ1n) is 6.19. The minimum atomic E-state index is 0.808. The minimum Gasteiger partial charge on any atom is -0.492 e. The van der Waals surface area contributed by atoms with Crippen molar-refractivity contribution in [2.24, 2.45) is 5.92 Å². The highest BCUT2D eigenvalue weighted by Crippen LogP contribution is 2.16. The van der Waals surface area contributed by atoms with Crippen molar-refractivity contribution in [3.05, 3.63) is 24.5 Å². The summed E-state index contributed by atoms with van der Waals surface area (Å²) in [5, 5.41) is 3.44. The van der Waals surface area contributed by atoms with E-state index in [9.17, 15) is 0 Å². The number of pyridine rings is 1. The smallest absolute Gasteiger partial charge is 0.137 e. The molecule has 1 N–H and O–H groups in total. The standard InChI is InChI=1S/C13H20N2O/c1-4-12(10-14-7-1)5-3-9-16-13-6-2-8-15-11-13/h2,6,8,11-12,14H,1,3-5,7,9-10H2. The van der Waals surface area contributed by atoms with Gasteiger partial charge in [0.25, 0.3) is 0 Å². The van der Waals surface area contributed by atoms with Crippen LogP contribution in [0.2, 0.25) is 0 Å². The largest absolute Gasteiger partial charge is 0.492 e. The molecule has 2 rings (SSSR count). The lowest BCUT2D eigenvalue weighted by atomic mass is 9.95. The minimum absolute atomic E-state index is 0.808. The summed E-state index contributed by atoms with van der Waals surface area (Å²) in [7, 11) is 0. The van der Waals surface area contributed by atoms with E-state index in [-0.39, 0.29) is 0 Å². The molecule has 0 saturated carbocycles. The average molecular weight is 220 g/mol. The van der Waals surface area contributed by atoms with Crippen LogP contribution >= 0.6 is 0 Å². The molecule has 0 radical (unpaired) electrons. The van der Waals surface area contributed by atoms with Crippen molar-refractivity contribution in [2.75, 3.05) is 19.7 Å². The summed E-state index contributed by atoms with van der Waals surface area (Å²) in [5.74, 6) is 1.73. The zero-order chi connectivity index (χ0) is 11.1. The van der Waals surface area contributed by atoms with Crippen LogP contribution in [-0.4, -0.2) is 24.7 Å². The van der Waals surface area contributed by atoms with Crippen LogP contribution in [0.4, 0.5) is 0 Å². The van der Waals surface area contributed by atoms with Gasteiger partial charge in [-0.15, -0.1) is 0 Å². The number of hydrogen-bond acceptors (Lipinski definition) is 3. The zero-order valence-corrected chi connectivity index (χ0v) is 9.69. The van der Waals surface area contributed by atoms with Crippen LogP contribution in [0.3, 0.4) is 0 Å². The van der Waals surface area contributed by atoms with Crippen LogP contribution in [0.15, 0.2) is 24.5 Å². The number of nitrogens with one attached hydrogen (secondary N) is 1. The normalized spacial score (nSPS) is 20.6. The summed E-state index contributed by atoms with van der Waals surface area (Å²) in [6.45, 7) is 3.19. The molecular weight excluding hydrogens is 200 g/mol. The van der Waals surface area contributed by atoms with Crippen LogP contribution in [0.25, 0.3) is 0 Å². The van der Waals surface area contributed by atoms with Gasteiger partial charge in [0.1, 0.15) is 5.75 Å². The van der Waals surface area contributed by atoms with Gasteiger partial charge in [0.2, 0.25) is 0 Å². The van der Waals surface area contributed by atoms with Gasteiger partial charge in [0.05, 0.1) is 12.8 Å². The molecule has 1 saturated heterocycles. The lowest BCUT2D eigenvalue weighted by Crippen LogP contribution is -2.29. The summed E-state index contributed by atoms with van der Waals surface area (Å²) < 4.78 is 5.61. The molecule has 0 aliphatic carbocycles. The Labute approximate surface area is 97.2 Å². The van der Waals surface area contributed by atoms with E-state index in [1.807, 2.05) is 12.1 Å². The van der Waals surface area contributed by atoms with Gasteiger partial charge in [0.15, 0.2) is 0 Å². The maximum absolute atomic E-state index is 5.61. The quantitative estimate of drug-likeness (QED) is 0.773. The summed E-state index contributed by atoms with van der Waals surface area (Å²) in [5.41, 5.74) is 0. The Hall–Kier alpha value is -1.09. The molecule has 0 spiro atoms. The second-order valence-corrected chi connectivity index (χ2v) is 4.39. The third kappa shape index (κ3) is 3.81. The molecule has 1 aromatic rings. The molecule has 1 aromatic heterocycles. The van der Waals surface area contributed by atoms with Crippen molar-refractivity contribution in [2.45, 2.75) is 25.7 Å². The van der Waals surface area contributed by atoms with E-state index in [0.29, 0.717) is 0 Å². The molecule has 0 bridgehead atoms. The highest BCUT2D eigenvalue weighted by atomic mass is 16.5. The van der Waals surface area contributed by atoms with Crippen LogP contribution in [0.1, 0.15) is 25.7 Å². The molecule has 1 fully saturated rings. The van der Waals surface area contributed by atoms with E-state index >= 15 is 0 Å². The molecule has 1 unspecified atom stereocenters. The van der Waals surface area contributed by atoms with E-state index < -0.39 is 0 Å². The zero-order valence-electron chi connectivity index (χ0n) is 9.69. The fourth-order valence-corrected chi connectivity index (χ4v) is 2.16. The molecule has 0 aromatic carbocycles. The van der Waals surface area contributed by atoms with Gasteiger partial charge in [-0.05, 0) is 56.8 Å². The molecular formula is C13H20N2O. The molecule has 2 heterocycles. The monoisotopic (exact) mass is 220 g/mol. The Balaban J connectivity index is 1.58. The van der Waals surface area contributed by atoms with Gasteiger partial charge >= 0.3 is 0 Å². The van der Waals surface area contributed by atoms with Crippen molar-refractivity contribution >= 4 is 0 Å². The number of ether oxygens (including phenoxy) is 1. The van der Waals surface area contributed by atoms with Crippen molar-refractivity contribution < 1.29 is 4.74 Å². The Bertz CT molecular complexity index is 283. The summed E-state index contributed by atoms with van der Waals surface area (Å²) >= 11 is 0. The van der Waals surface area contributed by atoms with Gasteiger partial charge < -0.3 is 10.1 Å². The summed E-state index contributed by atoms with van der Waals surface area (Å²) in [6, 6.07) is 3.86. The highest BCUT2D eigenvalue weighted by molar-refractivity contribution is 5.15. The molecule has 1 aliphatic rings. The first-order chi connectivity index (χ1) is 7.95. The van der Waals surface area contributed by atoms with Gasteiger partial charge in [-0.3, -0.25) is 4.98 Å². The van der Waals surface area contributed by atoms with Crippen LogP contribution < -0.4 is 10.1 Å². The van der Waals surface area contributed by atoms with Crippen LogP contribution in [-0.2, 0) is 0 Å². The first-order valence-corrected chi connectivity index (χ1v) is 6.19. The fraction of sp³-hybridized carbons (Fsp3) is 0.615. The second-order valence-electron chi connectivity index (χ2n) is 4.39. The number of hydrogen-bond donors (Lipinski definition) is 1. The molecule has 1 atom stereocenters. The molecule has 1 aliphatic heterocycles. The maximum Gasteiger partial charge on any atom is 0.137 e. The molecule has 3 nitrogen and oxygen atoms in total. The summed E-state index contributed by atoms with van der Waals surface area (Å²) in [4.78, 5) is 4.02. The lowest BCUT2D eigenvalue weighted by molar-refractivity contribution is 0.275. The third-order valence-electron chi connectivity index (χ3n) is 3.06. The second kappa shape index (κ2) is 6.48. The number of piperidine rings is 1. The van der Waals surface area contributed by atoms with Crippen molar-refractivity contribution in [3.8, 4) is 5.75 Å². The van der Waals surface area contributed by atoms with Gasteiger partial charge in [0, 0.05) is 6.20 Å². The third-order valence-corrected chi connectivity index (χ3v) is 3.06. The van der Waals surface area contributed by atoms with Gasteiger partial charge in [-0.1, -0.05) is 0 Å². The Kier molecular flexibility index (Phi) is 4.62. The highest BCUT2D eigenvalue weighted by Gasteiger charge is 2.11. The topological polar surface area (TPSA) is 34.1 Å². The molecule has 88 valence electrons. The molecule has 0 amide bonds. The van der Waals surface area contributed by atoms with Crippen LogP contribution in [0.5, 0.6) is 5.75 Å². The SMILES string of the molecule is c1cncc(OCCCC2CCCNC2)c1. The molecule has 16 heavy (non-hydrogen) atoms. The number of rotatable bonds is 5. The van der Waals surface area contributed by atoms with Crippen molar-refractivity contribution in [1.29, 1.82) is 0 Å². The van der Waals surface area contributed by atoms with E-state index in [1.54, 1.807) is 12.4 Å². The Morgan fingerprint density at radius 1 is 1.50 bits per heavy atom. The van der Waals surface area contributed by atoms with Crippen molar-refractivity contribution in [3.63, 3.8) is 0 Å². The van der Waals surface area contributed by atoms with E-state index in [0.717, 1.165) is 24.7 Å². The predicted molar refractivity (Wildman–Crippen MR) is 64.6 cm³/mol. The van der Waals surface area contributed by atoms with E-state index in [4.69, 9.17) is 4.74 Å². The Morgan fingerprint density at radius 2 is 2.50 bits per heavy atom. The van der Waals surface area contributed by atoms with Gasteiger partial charge in [-0.25, -0.2) is 0 Å². The van der Waals surface area contributed by atoms with E-state index in [2.05, 4.69) is 10.3 Å². The summed E-state index contributed by atoms with van der Waals surface area (Å²) in [6.07, 6.45) is 8.64. The fourth-order valence-electron chi connectivity index (χ4n) is 2.16. The lowest BCUT2D eigenvalue weighted by Gasteiger charge is -2.22. The first kappa shape index (κ1) is 11.4. The molecule has 3 heteroatoms. The maximum atomic E-state index is 5.61. The number of aromatic nitrogens is 1. The predicted octanol–water partition coefficient (Wildman–Crippen LogP) is 2.24. The van der Waals surface area contributed by atoms with Crippen molar-refractivity contribution in [1.82, 2.24) is 10.3 Å². The average Bonchev–Trinajstić information content (AvgIpc) is 2.37.